The predicted molar refractivity (Wildman–Crippen MR) is 67.2 cm³/mol. The van der Waals surface area contributed by atoms with Gasteiger partial charge >= 0.3 is 0 Å². The fourth-order valence-corrected chi connectivity index (χ4v) is 2.31. The molecule has 0 aliphatic carbocycles. The highest BCUT2D eigenvalue weighted by atomic mass is 79.9. The molecule has 0 heterocycles. The molecule has 0 amide bonds. The Labute approximate surface area is 104 Å². The van der Waals surface area contributed by atoms with E-state index in [1.807, 2.05) is 18.2 Å². The summed E-state index contributed by atoms with van der Waals surface area (Å²) >= 11 is 3.38. The van der Waals surface area contributed by atoms with Crippen LogP contribution in [0.1, 0.15) is 5.56 Å². The van der Waals surface area contributed by atoms with Crippen LogP contribution in [0.3, 0.4) is 0 Å². The van der Waals surface area contributed by atoms with Crippen molar-refractivity contribution in [2.24, 2.45) is 0 Å². The van der Waals surface area contributed by atoms with Gasteiger partial charge in [0.05, 0.1) is 17.8 Å². The SMILES string of the molecule is COc1ccc(CCNS(C)(=O)=O)cc1Br. The van der Waals surface area contributed by atoms with Crippen molar-refractivity contribution in [1.29, 1.82) is 0 Å². The maximum Gasteiger partial charge on any atom is 0.208 e. The van der Waals surface area contributed by atoms with Gasteiger partial charge in [-0.2, -0.15) is 0 Å². The molecule has 6 heteroatoms. The van der Waals surface area contributed by atoms with Crippen LogP contribution in [0, 0.1) is 0 Å². The van der Waals surface area contributed by atoms with Crippen LogP contribution >= 0.6 is 15.9 Å². The molecular formula is C10H14BrNO3S. The van der Waals surface area contributed by atoms with Crippen LogP contribution < -0.4 is 9.46 Å². The Balaban J connectivity index is 2.59. The fourth-order valence-electron chi connectivity index (χ4n) is 1.25. The predicted octanol–water partition coefficient (Wildman–Crippen LogP) is 1.55. The molecule has 1 aromatic rings. The molecular weight excluding hydrogens is 294 g/mol. The van der Waals surface area contributed by atoms with Gasteiger partial charge in [-0.05, 0) is 40.0 Å². The third-order valence-electron chi connectivity index (χ3n) is 1.99. The largest absolute Gasteiger partial charge is 0.496 e. The van der Waals surface area contributed by atoms with Crippen LogP contribution in [0.4, 0.5) is 0 Å². The molecule has 1 rings (SSSR count). The van der Waals surface area contributed by atoms with E-state index in [1.54, 1.807) is 7.11 Å². The second kappa shape index (κ2) is 5.65. The second-order valence-electron chi connectivity index (χ2n) is 3.39. The molecule has 90 valence electrons. The number of sulfonamides is 1. The van der Waals surface area contributed by atoms with Crippen LogP contribution in [0.25, 0.3) is 0 Å². The first kappa shape index (κ1) is 13.5. The minimum absolute atomic E-state index is 0.400. The Kier molecular flexibility index (Phi) is 4.76. The normalized spacial score (nSPS) is 11.4. The van der Waals surface area contributed by atoms with Crippen molar-refractivity contribution in [3.8, 4) is 5.75 Å². The molecule has 0 aliphatic rings. The van der Waals surface area contributed by atoms with Crippen molar-refractivity contribution in [3.63, 3.8) is 0 Å². The van der Waals surface area contributed by atoms with Crippen molar-refractivity contribution in [2.45, 2.75) is 6.42 Å². The topological polar surface area (TPSA) is 55.4 Å². The summed E-state index contributed by atoms with van der Waals surface area (Å²) in [4.78, 5) is 0. The van der Waals surface area contributed by atoms with Crippen LogP contribution in [0.15, 0.2) is 22.7 Å². The molecule has 0 fully saturated rings. The van der Waals surface area contributed by atoms with Gasteiger partial charge in [-0.1, -0.05) is 6.07 Å². The molecule has 0 spiro atoms. The van der Waals surface area contributed by atoms with Gasteiger partial charge in [-0.25, -0.2) is 13.1 Å². The lowest BCUT2D eigenvalue weighted by molar-refractivity contribution is 0.412. The number of benzene rings is 1. The Morgan fingerprint density at radius 1 is 1.44 bits per heavy atom. The first-order chi connectivity index (χ1) is 7.42. The molecule has 16 heavy (non-hydrogen) atoms. The van der Waals surface area contributed by atoms with Crippen LogP contribution in [0.5, 0.6) is 5.75 Å². The lowest BCUT2D eigenvalue weighted by atomic mass is 10.1. The summed E-state index contributed by atoms with van der Waals surface area (Å²) in [6, 6.07) is 5.68. The highest BCUT2D eigenvalue weighted by Gasteiger charge is 2.03. The molecule has 1 N–H and O–H groups in total. The monoisotopic (exact) mass is 307 g/mol. The quantitative estimate of drug-likeness (QED) is 0.898. The number of halogens is 1. The Morgan fingerprint density at radius 2 is 2.12 bits per heavy atom. The standard InChI is InChI=1S/C10H14BrNO3S/c1-15-10-4-3-8(7-9(10)11)5-6-12-16(2,13)14/h3-4,7,12H,5-6H2,1-2H3. The molecule has 4 nitrogen and oxygen atoms in total. The van der Waals surface area contributed by atoms with E-state index in [-0.39, 0.29) is 0 Å². The maximum atomic E-state index is 10.8. The van der Waals surface area contributed by atoms with Crippen molar-refractivity contribution in [3.05, 3.63) is 28.2 Å². The van der Waals surface area contributed by atoms with Gasteiger partial charge in [-0.15, -0.1) is 0 Å². The summed E-state index contributed by atoms with van der Waals surface area (Å²) in [5.74, 6) is 0.764. The Bertz CT molecular complexity index is 459. The molecule has 0 saturated heterocycles. The van der Waals surface area contributed by atoms with Crippen molar-refractivity contribution >= 4 is 26.0 Å². The van der Waals surface area contributed by atoms with E-state index < -0.39 is 10.0 Å². The zero-order valence-electron chi connectivity index (χ0n) is 9.16. The minimum Gasteiger partial charge on any atom is -0.496 e. The number of hydrogen-bond acceptors (Lipinski definition) is 3. The second-order valence-corrected chi connectivity index (χ2v) is 6.07. The van der Waals surface area contributed by atoms with E-state index in [1.165, 1.54) is 0 Å². The molecule has 1 aromatic carbocycles. The van der Waals surface area contributed by atoms with Gasteiger partial charge in [0, 0.05) is 6.54 Å². The molecule has 0 unspecified atom stereocenters. The van der Waals surface area contributed by atoms with Gasteiger partial charge in [0.1, 0.15) is 5.75 Å². The summed E-state index contributed by atoms with van der Waals surface area (Å²) in [5.41, 5.74) is 1.05. The number of methoxy groups -OCH3 is 1. The number of nitrogens with one attached hydrogen (secondary N) is 1. The maximum absolute atomic E-state index is 10.8. The third kappa shape index (κ3) is 4.51. The third-order valence-corrected chi connectivity index (χ3v) is 3.34. The highest BCUT2D eigenvalue weighted by molar-refractivity contribution is 9.10. The smallest absolute Gasteiger partial charge is 0.208 e. The summed E-state index contributed by atoms with van der Waals surface area (Å²) in [7, 11) is -1.50. The van der Waals surface area contributed by atoms with E-state index in [0.717, 1.165) is 22.0 Å². The summed E-state index contributed by atoms with van der Waals surface area (Å²) < 4.78 is 30.1. The number of ether oxygens (including phenoxy) is 1. The van der Waals surface area contributed by atoms with Gasteiger partial charge in [0.2, 0.25) is 10.0 Å². The lowest BCUT2D eigenvalue weighted by Gasteiger charge is -2.06. The zero-order valence-corrected chi connectivity index (χ0v) is 11.6. The number of rotatable bonds is 5. The molecule has 0 saturated carbocycles. The van der Waals surface area contributed by atoms with Gasteiger partial charge in [-0.3, -0.25) is 0 Å². The summed E-state index contributed by atoms with van der Waals surface area (Å²) in [5, 5.41) is 0. The highest BCUT2D eigenvalue weighted by Crippen LogP contribution is 2.25. The van der Waals surface area contributed by atoms with E-state index in [2.05, 4.69) is 20.7 Å². The zero-order chi connectivity index (χ0) is 12.2. The average Bonchev–Trinajstić information content (AvgIpc) is 2.16. The molecule has 0 aromatic heterocycles. The van der Waals surface area contributed by atoms with Crippen LogP contribution in [-0.4, -0.2) is 28.3 Å². The van der Waals surface area contributed by atoms with Gasteiger partial charge in [0.15, 0.2) is 0 Å². The average molecular weight is 308 g/mol. The van der Waals surface area contributed by atoms with E-state index >= 15 is 0 Å². The van der Waals surface area contributed by atoms with Gasteiger partial charge < -0.3 is 4.74 Å². The van der Waals surface area contributed by atoms with E-state index in [9.17, 15) is 8.42 Å². The first-order valence-corrected chi connectivity index (χ1v) is 7.38. The Hall–Kier alpha value is -0.590. The van der Waals surface area contributed by atoms with E-state index in [0.29, 0.717) is 13.0 Å². The molecule has 0 bridgehead atoms. The van der Waals surface area contributed by atoms with Crippen molar-refractivity contribution < 1.29 is 13.2 Å². The minimum atomic E-state index is -3.10. The van der Waals surface area contributed by atoms with Gasteiger partial charge in [0.25, 0.3) is 0 Å². The summed E-state index contributed by atoms with van der Waals surface area (Å²) in [6.45, 7) is 0.400. The first-order valence-electron chi connectivity index (χ1n) is 4.69. The molecule has 0 radical (unpaired) electrons. The molecule has 0 aliphatic heterocycles. The van der Waals surface area contributed by atoms with E-state index in [4.69, 9.17) is 4.74 Å². The van der Waals surface area contributed by atoms with Crippen molar-refractivity contribution in [1.82, 2.24) is 4.72 Å². The molecule has 0 atom stereocenters. The van der Waals surface area contributed by atoms with Crippen LogP contribution in [-0.2, 0) is 16.4 Å². The Morgan fingerprint density at radius 3 is 2.62 bits per heavy atom. The fraction of sp³-hybridized carbons (Fsp3) is 0.400. The summed E-state index contributed by atoms with van der Waals surface area (Å²) in [6.07, 6.45) is 1.80. The van der Waals surface area contributed by atoms with Crippen molar-refractivity contribution in [2.75, 3.05) is 19.9 Å². The number of hydrogen-bond donors (Lipinski definition) is 1. The van der Waals surface area contributed by atoms with Crippen LogP contribution in [0.2, 0.25) is 0 Å². The lowest BCUT2D eigenvalue weighted by Crippen LogP contribution is -2.24.